The van der Waals surface area contributed by atoms with E-state index in [0.29, 0.717) is 10.7 Å². The summed E-state index contributed by atoms with van der Waals surface area (Å²) in [7, 11) is 0. The molecule has 1 amide bonds. The zero-order valence-corrected chi connectivity index (χ0v) is 14.6. The van der Waals surface area contributed by atoms with Gasteiger partial charge in [0.1, 0.15) is 5.60 Å². The van der Waals surface area contributed by atoms with Crippen molar-refractivity contribution in [1.29, 1.82) is 0 Å². The predicted octanol–water partition coefficient (Wildman–Crippen LogP) is 2.08. The van der Waals surface area contributed by atoms with Crippen molar-refractivity contribution >= 4 is 41.0 Å². The predicted molar refractivity (Wildman–Crippen MR) is 86.6 cm³/mol. The number of hydrogen-bond acceptors (Lipinski definition) is 5. The smallest absolute Gasteiger partial charge is 0.408 e. The molecule has 1 heterocycles. The molecule has 1 rings (SSSR count). The summed E-state index contributed by atoms with van der Waals surface area (Å²) in [5, 5.41) is 11.1. The Bertz CT molecular complexity index is 446. The molecule has 1 aliphatic rings. The Morgan fingerprint density at radius 3 is 2.52 bits per heavy atom. The number of alkyl carbamates (subject to hydrolysis) is 1. The van der Waals surface area contributed by atoms with Crippen LogP contribution in [0.4, 0.5) is 4.79 Å². The van der Waals surface area contributed by atoms with Gasteiger partial charge in [-0.2, -0.15) is 0 Å². The van der Waals surface area contributed by atoms with Crippen molar-refractivity contribution in [2.45, 2.75) is 51.1 Å². The molecular formula is C13H22N2O4S2. The average molecular weight is 334 g/mol. The Balaban J connectivity index is 2.65. The first-order chi connectivity index (χ1) is 9.44. The van der Waals surface area contributed by atoms with Crippen LogP contribution < -0.4 is 5.32 Å². The molecule has 6 nitrogen and oxygen atoms in total. The Hall–Kier alpha value is -1.02. The Morgan fingerprint density at radius 1 is 1.48 bits per heavy atom. The van der Waals surface area contributed by atoms with Crippen molar-refractivity contribution in [3.8, 4) is 0 Å². The van der Waals surface area contributed by atoms with Crippen molar-refractivity contribution < 1.29 is 19.4 Å². The van der Waals surface area contributed by atoms with Gasteiger partial charge in [0.05, 0.1) is 11.5 Å². The molecular weight excluding hydrogens is 312 g/mol. The van der Waals surface area contributed by atoms with Crippen molar-refractivity contribution in [1.82, 2.24) is 10.2 Å². The number of carboxylic acid groups (broad SMARTS) is 1. The van der Waals surface area contributed by atoms with Gasteiger partial charge in [0, 0.05) is 11.3 Å². The van der Waals surface area contributed by atoms with E-state index in [2.05, 4.69) is 5.32 Å². The van der Waals surface area contributed by atoms with Gasteiger partial charge in [-0.25, -0.2) is 9.59 Å². The lowest BCUT2D eigenvalue weighted by Crippen LogP contribution is -2.52. The van der Waals surface area contributed by atoms with Gasteiger partial charge in [0.2, 0.25) is 0 Å². The first kappa shape index (κ1) is 18.0. The number of nitrogens with zero attached hydrogens (tertiary/aromatic N) is 1. The van der Waals surface area contributed by atoms with Gasteiger partial charge in [-0.1, -0.05) is 12.2 Å². The molecule has 0 unspecified atom stereocenters. The maximum atomic E-state index is 11.6. The number of aliphatic carboxylic acids is 1. The molecule has 1 aliphatic heterocycles. The minimum atomic E-state index is -0.926. The van der Waals surface area contributed by atoms with E-state index in [9.17, 15) is 14.7 Å². The molecule has 0 aromatic heterocycles. The van der Waals surface area contributed by atoms with Crippen molar-refractivity contribution in [2.75, 3.05) is 12.3 Å². The molecule has 0 aromatic rings. The molecule has 1 saturated heterocycles. The molecule has 0 saturated carbocycles. The van der Waals surface area contributed by atoms with Crippen LogP contribution in [0.3, 0.4) is 0 Å². The zero-order valence-electron chi connectivity index (χ0n) is 12.9. The first-order valence-electron chi connectivity index (χ1n) is 6.57. The van der Waals surface area contributed by atoms with Crippen LogP contribution in [-0.4, -0.2) is 55.9 Å². The monoisotopic (exact) mass is 334 g/mol. The number of nitrogens with one attached hydrogen (secondary N) is 1. The van der Waals surface area contributed by atoms with Gasteiger partial charge in [0.25, 0.3) is 0 Å². The molecule has 1 atom stereocenters. The molecule has 0 radical (unpaired) electrons. The van der Waals surface area contributed by atoms with Gasteiger partial charge in [0.15, 0.2) is 5.37 Å². The maximum Gasteiger partial charge on any atom is 0.408 e. The lowest BCUT2D eigenvalue weighted by molar-refractivity contribution is -0.139. The number of carbonyl (C=O) groups is 2. The van der Waals surface area contributed by atoms with E-state index in [0.717, 1.165) is 0 Å². The minimum absolute atomic E-state index is 0.0814. The third-order valence-corrected chi connectivity index (χ3v) is 4.69. The van der Waals surface area contributed by atoms with Crippen molar-refractivity contribution in [3.05, 3.63) is 0 Å². The number of thiocarbonyl (C=S) groups is 1. The lowest BCUT2D eigenvalue weighted by Gasteiger charge is -2.35. The summed E-state index contributed by atoms with van der Waals surface area (Å²) in [5.41, 5.74) is -0.946. The van der Waals surface area contributed by atoms with Crippen molar-refractivity contribution in [2.24, 2.45) is 0 Å². The summed E-state index contributed by atoms with van der Waals surface area (Å²) >= 11 is 6.63. The molecule has 120 valence electrons. The van der Waals surface area contributed by atoms with E-state index in [4.69, 9.17) is 17.0 Å². The maximum absolute atomic E-state index is 11.6. The van der Waals surface area contributed by atoms with E-state index < -0.39 is 23.0 Å². The van der Waals surface area contributed by atoms with Crippen LogP contribution in [0.25, 0.3) is 0 Å². The average Bonchev–Trinajstić information content (AvgIpc) is 2.59. The van der Waals surface area contributed by atoms with E-state index in [-0.39, 0.29) is 12.1 Å². The number of rotatable bonds is 3. The summed E-state index contributed by atoms with van der Waals surface area (Å²) in [5.74, 6) is -0.263. The molecule has 8 heteroatoms. The second-order valence-electron chi connectivity index (χ2n) is 6.43. The Labute approximate surface area is 134 Å². The number of thioether (sulfide) groups is 1. The molecule has 0 aliphatic carbocycles. The molecule has 0 aromatic carbocycles. The SMILES string of the molecule is CC(C)(C)OC(=O)NCC(=S)N1[C@H](C(=O)O)SCC1(C)C. The highest BCUT2D eigenvalue weighted by Gasteiger charge is 2.44. The lowest BCUT2D eigenvalue weighted by atomic mass is 10.1. The van der Waals surface area contributed by atoms with E-state index in [1.165, 1.54) is 11.8 Å². The minimum Gasteiger partial charge on any atom is -0.479 e. The summed E-state index contributed by atoms with van der Waals surface area (Å²) in [6.07, 6.45) is -0.568. The number of amides is 1. The molecule has 2 N–H and O–H groups in total. The number of carboxylic acids is 1. The second-order valence-corrected chi connectivity index (χ2v) is 7.97. The Morgan fingerprint density at radius 2 is 2.05 bits per heavy atom. The third kappa shape index (κ3) is 5.03. The number of hydrogen-bond donors (Lipinski definition) is 2. The topological polar surface area (TPSA) is 78.9 Å². The van der Waals surface area contributed by atoms with E-state index >= 15 is 0 Å². The van der Waals surface area contributed by atoms with Gasteiger partial charge < -0.3 is 20.1 Å². The van der Waals surface area contributed by atoms with Crippen LogP contribution in [0, 0.1) is 0 Å². The van der Waals surface area contributed by atoms with Crippen LogP contribution >= 0.6 is 24.0 Å². The van der Waals surface area contributed by atoms with Gasteiger partial charge in [-0.3, -0.25) is 0 Å². The Kier molecular flexibility index (Phi) is 5.49. The fourth-order valence-corrected chi connectivity index (χ4v) is 3.84. The van der Waals surface area contributed by atoms with Crippen molar-refractivity contribution in [3.63, 3.8) is 0 Å². The fourth-order valence-electron chi connectivity index (χ4n) is 1.94. The summed E-state index contributed by atoms with van der Waals surface area (Å²) in [4.78, 5) is 25.0. The highest BCUT2D eigenvalue weighted by atomic mass is 32.2. The molecule has 21 heavy (non-hydrogen) atoms. The van der Waals surface area contributed by atoms with Gasteiger partial charge in [-0.05, 0) is 34.6 Å². The fraction of sp³-hybridized carbons (Fsp3) is 0.769. The van der Waals surface area contributed by atoms with E-state index in [1.54, 1.807) is 25.7 Å². The van der Waals surface area contributed by atoms with Gasteiger partial charge in [-0.15, -0.1) is 11.8 Å². The van der Waals surface area contributed by atoms with Crippen LogP contribution in [0.5, 0.6) is 0 Å². The summed E-state index contributed by atoms with van der Waals surface area (Å²) in [6, 6.07) is 0. The number of carbonyl (C=O) groups excluding carboxylic acids is 1. The highest BCUT2D eigenvalue weighted by molar-refractivity contribution is 8.01. The third-order valence-electron chi connectivity index (χ3n) is 2.74. The zero-order chi connectivity index (χ0) is 16.4. The molecule has 1 fully saturated rings. The van der Waals surface area contributed by atoms with Crippen LogP contribution in [-0.2, 0) is 9.53 Å². The molecule has 0 bridgehead atoms. The van der Waals surface area contributed by atoms with Crippen LogP contribution in [0.1, 0.15) is 34.6 Å². The van der Waals surface area contributed by atoms with E-state index in [1.807, 2.05) is 13.8 Å². The van der Waals surface area contributed by atoms with Crippen LogP contribution in [0.2, 0.25) is 0 Å². The number of ether oxygens (including phenoxy) is 1. The summed E-state index contributed by atoms with van der Waals surface area (Å²) < 4.78 is 5.13. The standard InChI is InChI=1S/C13H22N2O4S2/c1-12(2,3)19-11(18)14-6-8(20)15-9(10(16)17)21-7-13(15,4)5/h9H,6-7H2,1-5H3,(H,14,18)(H,16,17)/t9-/m0/s1. The largest absolute Gasteiger partial charge is 0.479 e. The highest BCUT2D eigenvalue weighted by Crippen LogP contribution is 2.36. The quantitative estimate of drug-likeness (QED) is 0.765. The van der Waals surface area contributed by atoms with Gasteiger partial charge >= 0.3 is 12.1 Å². The normalized spacial score (nSPS) is 21.0. The second kappa shape index (κ2) is 6.39. The molecule has 0 spiro atoms. The first-order valence-corrected chi connectivity index (χ1v) is 8.03. The van der Waals surface area contributed by atoms with Crippen LogP contribution in [0.15, 0.2) is 0 Å². The summed E-state index contributed by atoms with van der Waals surface area (Å²) in [6.45, 7) is 9.26.